The molecule has 1 amide bonds. The van der Waals surface area contributed by atoms with Crippen molar-refractivity contribution in [2.75, 3.05) is 38.2 Å². The van der Waals surface area contributed by atoms with Crippen LogP contribution in [0.4, 0.5) is 0 Å². The van der Waals surface area contributed by atoms with Gasteiger partial charge in [0.15, 0.2) is 0 Å². The molecular formula is C15H26N4O3S. The van der Waals surface area contributed by atoms with Crippen molar-refractivity contribution in [1.29, 1.82) is 0 Å². The molecule has 1 aliphatic heterocycles. The first-order valence-electron chi connectivity index (χ1n) is 8.03. The van der Waals surface area contributed by atoms with Crippen molar-refractivity contribution in [2.45, 2.75) is 32.9 Å². The van der Waals surface area contributed by atoms with Crippen LogP contribution < -0.4 is 0 Å². The Morgan fingerprint density at radius 1 is 1.30 bits per heavy atom. The van der Waals surface area contributed by atoms with Crippen molar-refractivity contribution < 1.29 is 13.2 Å². The van der Waals surface area contributed by atoms with Crippen LogP contribution in [0.1, 0.15) is 30.6 Å². The van der Waals surface area contributed by atoms with Crippen molar-refractivity contribution in [3.63, 3.8) is 0 Å². The molecule has 0 bridgehead atoms. The van der Waals surface area contributed by atoms with E-state index in [9.17, 15) is 13.2 Å². The summed E-state index contributed by atoms with van der Waals surface area (Å²) in [6.45, 7) is 7.48. The second-order valence-corrected chi connectivity index (χ2v) is 8.39. The van der Waals surface area contributed by atoms with Crippen molar-refractivity contribution in [3.05, 3.63) is 18.0 Å². The molecule has 8 heteroatoms. The van der Waals surface area contributed by atoms with E-state index in [1.54, 1.807) is 17.1 Å². The number of sulfone groups is 1. The Labute approximate surface area is 138 Å². The van der Waals surface area contributed by atoms with Crippen molar-refractivity contribution in [1.82, 2.24) is 19.6 Å². The summed E-state index contributed by atoms with van der Waals surface area (Å²) in [6, 6.07) is -0.0251. The number of aryl methyl sites for hydroxylation is 1. The van der Waals surface area contributed by atoms with Crippen molar-refractivity contribution in [3.8, 4) is 0 Å². The van der Waals surface area contributed by atoms with Crippen LogP contribution in [0, 0.1) is 0 Å². The van der Waals surface area contributed by atoms with E-state index < -0.39 is 9.84 Å². The van der Waals surface area contributed by atoms with Crippen molar-refractivity contribution in [2.24, 2.45) is 0 Å². The standard InChI is InChI=1S/C15H26N4O3S/c1-4-19-11-14(10-16-19)15(20)18-7-5-6-17(8-9-18)13(2)12-23(3,21)22/h10-11,13H,4-9,12H2,1-3H3. The van der Waals surface area contributed by atoms with Crippen LogP contribution in [0.3, 0.4) is 0 Å². The fraction of sp³-hybridized carbons (Fsp3) is 0.733. The topological polar surface area (TPSA) is 75.5 Å². The van der Waals surface area contributed by atoms with E-state index in [1.165, 1.54) is 6.26 Å². The summed E-state index contributed by atoms with van der Waals surface area (Å²) < 4.78 is 24.7. The molecule has 2 heterocycles. The number of rotatable bonds is 5. The Morgan fingerprint density at radius 3 is 2.65 bits per heavy atom. The minimum atomic E-state index is -2.99. The summed E-state index contributed by atoms with van der Waals surface area (Å²) in [6.07, 6.45) is 5.50. The van der Waals surface area contributed by atoms with Gasteiger partial charge in [0.1, 0.15) is 9.84 Å². The predicted octanol–water partition coefficient (Wildman–Crippen LogP) is 0.484. The minimum Gasteiger partial charge on any atom is -0.337 e. The molecule has 0 aliphatic carbocycles. The molecule has 7 nitrogen and oxygen atoms in total. The van der Waals surface area contributed by atoms with Gasteiger partial charge in [-0.15, -0.1) is 0 Å². The van der Waals surface area contributed by atoms with E-state index in [1.807, 2.05) is 18.7 Å². The van der Waals surface area contributed by atoms with Gasteiger partial charge in [0, 0.05) is 51.2 Å². The lowest BCUT2D eigenvalue weighted by atomic mass is 10.3. The average molecular weight is 342 g/mol. The van der Waals surface area contributed by atoms with Gasteiger partial charge in [-0.3, -0.25) is 14.4 Å². The van der Waals surface area contributed by atoms with Gasteiger partial charge in [-0.05, 0) is 20.3 Å². The minimum absolute atomic E-state index is 0.00214. The Hall–Kier alpha value is -1.41. The first-order valence-corrected chi connectivity index (χ1v) is 10.1. The van der Waals surface area contributed by atoms with Gasteiger partial charge < -0.3 is 4.90 Å². The van der Waals surface area contributed by atoms with E-state index in [4.69, 9.17) is 0 Å². The highest BCUT2D eigenvalue weighted by Gasteiger charge is 2.24. The van der Waals surface area contributed by atoms with Crippen LogP contribution in [-0.2, 0) is 16.4 Å². The van der Waals surface area contributed by atoms with Crippen LogP contribution in [0.5, 0.6) is 0 Å². The van der Waals surface area contributed by atoms with Gasteiger partial charge >= 0.3 is 0 Å². The zero-order chi connectivity index (χ0) is 17.0. The van der Waals surface area contributed by atoms with E-state index in [-0.39, 0.29) is 17.7 Å². The molecule has 1 aromatic rings. The number of hydrogen-bond donors (Lipinski definition) is 0. The molecule has 1 aromatic heterocycles. The SMILES string of the molecule is CCn1cc(C(=O)N2CCCN(C(C)CS(C)(=O)=O)CC2)cn1. The largest absolute Gasteiger partial charge is 0.337 e. The van der Waals surface area contributed by atoms with Crippen LogP contribution in [0.25, 0.3) is 0 Å². The fourth-order valence-corrected chi connectivity index (χ4v) is 4.04. The number of aromatic nitrogens is 2. The maximum atomic E-state index is 12.5. The third-order valence-corrected chi connectivity index (χ3v) is 5.28. The summed E-state index contributed by atoms with van der Waals surface area (Å²) >= 11 is 0. The molecule has 1 saturated heterocycles. The summed E-state index contributed by atoms with van der Waals surface area (Å²) in [4.78, 5) is 16.5. The molecule has 1 aliphatic rings. The van der Waals surface area contributed by atoms with E-state index in [0.29, 0.717) is 25.2 Å². The van der Waals surface area contributed by atoms with Crippen LogP contribution in [0.2, 0.25) is 0 Å². The summed E-state index contributed by atoms with van der Waals surface area (Å²) in [5.74, 6) is 0.159. The Morgan fingerprint density at radius 2 is 2.04 bits per heavy atom. The number of carbonyl (C=O) groups is 1. The molecule has 1 fully saturated rings. The Balaban J connectivity index is 1.96. The van der Waals surface area contributed by atoms with E-state index in [0.717, 1.165) is 19.5 Å². The van der Waals surface area contributed by atoms with Gasteiger partial charge in [-0.1, -0.05) is 0 Å². The number of hydrogen-bond acceptors (Lipinski definition) is 5. The number of nitrogens with zero attached hydrogens (tertiary/aromatic N) is 4. The zero-order valence-electron chi connectivity index (χ0n) is 14.1. The normalized spacial score (nSPS) is 18.7. The van der Waals surface area contributed by atoms with Crippen molar-refractivity contribution >= 4 is 15.7 Å². The number of amides is 1. The highest BCUT2D eigenvalue weighted by atomic mass is 32.2. The molecule has 0 aromatic carbocycles. The maximum Gasteiger partial charge on any atom is 0.257 e. The Bertz CT molecular complexity index is 641. The van der Waals surface area contributed by atoms with Gasteiger partial charge in [-0.25, -0.2) is 8.42 Å². The highest BCUT2D eigenvalue weighted by molar-refractivity contribution is 7.90. The second kappa shape index (κ2) is 7.44. The molecule has 1 unspecified atom stereocenters. The summed E-state index contributed by atoms with van der Waals surface area (Å²) in [5.41, 5.74) is 0.615. The molecule has 130 valence electrons. The van der Waals surface area contributed by atoms with Crippen LogP contribution in [-0.4, -0.2) is 78.1 Å². The highest BCUT2D eigenvalue weighted by Crippen LogP contribution is 2.12. The molecule has 0 radical (unpaired) electrons. The molecule has 23 heavy (non-hydrogen) atoms. The smallest absolute Gasteiger partial charge is 0.257 e. The number of carbonyl (C=O) groups excluding carboxylic acids is 1. The lowest BCUT2D eigenvalue weighted by molar-refractivity contribution is 0.0759. The third-order valence-electron chi connectivity index (χ3n) is 4.19. The molecule has 0 N–H and O–H groups in total. The lowest BCUT2D eigenvalue weighted by Crippen LogP contribution is -2.41. The van der Waals surface area contributed by atoms with Gasteiger partial charge in [0.05, 0.1) is 17.5 Å². The average Bonchev–Trinajstić information content (AvgIpc) is 2.81. The van der Waals surface area contributed by atoms with Crippen LogP contribution in [0.15, 0.2) is 12.4 Å². The van der Waals surface area contributed by atoms with E-state index in [2.05, 4.69) is 10.00 Å². The third kappa shape index (κ3) is 5.04. The van der Waals surface area contributed by atoms with Gasteiger partial charge in [0.2, 0.25) is 0 Å². The molecule has 1 atom stereocenters. The monoisotopic (exact) mass is 342 g/mol. The fourth-order valence-electron chi connectivity index (χ4n) is 2.95. The first kappa shape index (κ1) is 17.9. The Kier molecular flexibility index (Phi) is 5.80. The van der Waals surface area contributed by atoms with Crippen LogP contribution >= 0.6 is 0 Å². The van der Waals surface area contributed by atoms with Gasteiger partial charge in [0.25, 0.3) is 5.91 Å². The molecule has 0 saturated carbocycles. The second-order valence-electron chi connectivity index (χ2n) is 6.21. The van der Waals surface area contributed by atoms with E-state index >= 15 is 0 Å². The predicted molar refractivity (Wildman–Crippen MR) is 89.2 cm³/mol. The summed E-state index contributed by atoms with van der Waals surface area (Å²) in [5, 5.41) is 4.15. The first-order chi connectivity index (χ1) is 10.8. The zero-order valence-corrected chi connectivity index (χ0v) is 14.9. The summed E-state index contributed by atoms with van der Waals surface area (Å²) in [7, 11) is -2.99. The van der Waals surface area contributed by atoms with Gasteiger partial charge in [-0.2, -0.15) is 5.10 Å². The molecule has 0 spiro atoms. The lowest BCUT2D eigenvalue weighted by Gasteiger charge is -2.27. The molecule has 2 rings (SSSR count). The molecular weight excluding hydrogens is 316 g/mol. The quantitative estimate of drug-likeness (QED) is 0.778. The maximum absolute atomic E-state index is 12.5.